The third kappa shape index (κ3) is 2.59. The van der Waals surface area contributed by atoms with Gasteiger partial charge in [-0.1, -0.05) is 0 Å². The van der Waals surface area contributed by atoms with Crippen molar-refractivity contribution >= 4 is 28.3 Å². The molecule has 0 bridgehead atoms. The zero-order valence-electron chi connectivity index (χ0n) is 13.6. The van der Waals surface area contributed by atoms with Gasteiger partial charge in [-0.15, -0.1) is 0 Å². The SMILES string of the molecule is CC(C)n1c(=O)c(C(=O)NCC(=O)O)c(O)c2cc3cnccc3n21. The second-order valence-corrected chi connectivity index (χ2v) is 5.82. The van der Waals surface area contributed by atoms with E-state index in [1.807, 2.05) is 0 Å². The highest BCUT2D eigenvalue weighted by Crippen LogP contribution is 2.28. The van der Waals surface area contributed by atoms with Crippen LogP contribution < -0.4 is 10.9 Å². The Morgan fingerprint density at radius 2 is 2.04 bits per heavy atom. The predicted octanol–water partition coefficient (Wildman–Crippen LogP) is 0.750. The number of carbonyl (C=O) groups excluding carboxylic acids is 1. The lowest BCUT2D eigenvalue weighted by molar-refractivity contribution is -0.135. The van der Waals surface area contributed by atoms with Crippen LogP contribution in [-0.2, 0) is 4.79 Å². The summed E-state index contributed by atoms with van der Waals surface area (Å²) in [4.78, 5) is 39.7. The Morgan fingerprint density at radius 1 is 1.32 bits per heavy atom. The summed E-state index contributed by atoms with van der Waals surface area (Å²) < 4.78 is 2.88. The Balaban J connectivity index is 2.37. The maximum atomic E-state index is 12.8. The molecule has 3 aromatic rings. The van der Waals surface area contributed by atoms with Gasteiger partial charge in [0.1, 0.15) is 17.6 Å². The molecule has 0 spiro atoms. The number of aromatic nitrogens is 3. The second kappa shape index (κ2) is 5.93. The molecule has 0 aliphatic heterocycles. The highest BCUT2D eigenvalue weighted by molar-refractivity contribution is 6.01. The molecule has 3 aromatic heterocycles. The fourth-order valence-corrected chi connectivity index (χ4v) is 2.79. The quantitative estimate of drug-likeness (QED) is 0.641. The van der Waals surface area contributed by atoms with Gasteiger partial charge in [-0.3, -0.25) is 19.4 Å². The summed E-state index contributed by atoms with van der Waals surface area (Å²) in [6.45, 7) is 2.88. The number of nitrogens with zero attached hydrogens (tertiary/aromatic N) is 3. The molecular weight excluding hydrogens is 328 g/mol. The Labute approximate surface area is 141 Å². The van der Waals surface area contributed by atoms with Crippen LogP contribution >= 0.6 is 0 Å². The minimum absolute atomic E-state index is 0.261. The van der Waals surface area contributed by atoms with Crippen LogP contribution in [0.5, 0.6) is 5.75 Å². The van der Waals surface area contributed by atoms with Crippen molar-refractivity contribution in [2.24, 2.45) is 0 Å². The molecule has 9 heteroatoms. The molecule has 9 nitrogen and oxygen atoms in total. The number of aromatic hydroxyl groups is 1. The number of carbonyl (C=O) groups is 2. The van der Waals surface area contributed by atoms with Gasteiger partial charge in [-0.25, -0.2) is 9.20 Å². The number of aliphatic carboxylic acids is 1. The van der Waals surface area contributed by atoms with E-state index in [0.717, 1.165) is 0 Å². The molecule has 0 unspecified atom stereocenters. The summed E-state index contributed by atoms with van der Waals surface area (Å²) >= 11 is 0. The van der Waals surface area contributed by atoms with Crippen molar-refractivity contribution in [3.63, 3.8) is 0 Å². The Kier molecular flexibility index (Phi) is 3.91. The number of carboxylic acid groups (broad SMARTS) is 1. The van der Waals surface area contributed by atoms with E-state index in [2.05, 4.69) is 10.3 Å². The smallest absolute Gasteiger partial charge is 0.322 e. The summed E-state index contributed by atoms with van der Waals surface area (Å²) in [5, 5.41) is 22.0. The van der Waals surface area contributed by atoms with E-state index >= 15 is 0 Å². The number of hydrogen-bond acceptors (Lipinski definition) is 5. The first-order valence-corrected chi connectivity index (χ1v) is 7.55. The fourth-order valence-electron chi connectivity index (χ4n) is 2.79. The molecule has 0 saturated carbocycles. The number of amides is 1. The molecule has 0 saturated heterocycles. The summed E-state index contributed by atoms with van der Waals surface area (Å²) in [5.41, 5.74) is -0.282. The lowest BCUT2D eigenvalue weighted by Gasteiger charge is -2.17. The number of carboxylic acids is 1. The van der Waals surface area contributed by atoms with Gasteiger partial charge >= 0.3 is 5.97 Å². The van der Waals surface area contributed by atoms with Gasteiger partial charge < -0.3 is 15.5 Å². The minimum atomic E-state index is -1.25. The Morgan fingerprint density at radius 3 is 2.68 bits per heavy atom. The summed E-state index contributed by atoms with van der Waals surface area (Å²) in [5.74, 6) is -2.69. The maximum absolute atomic E-state index is 12.8. The highest BCUT2D eigenvalue weighted by atomic mass is 16.4. The topological polar surface area (TPSA) is 126 Å². The largest absolute Gasteiger partial charge is 0.505 e. The highest BCUT2D eigenvalue weighted by Gasteiger charge is 2.25. The molecule has 130 valence electrons. The van der Waals surface area contributed by atoms with Crippen LogP contribution in [0.2, 0.25) is 0 Å². The summed E-state index contributed by atoms with van der Waals surface area (Å²) in [6, 6.07) is 3.00. The van der Waals surface area contributed by atoms with Crippen molar-refractivity contribution in [3.05, 3.63) is 40.4 Å². The van der Waals surface area contributed by atoms with Crippen LogP contribution in [0.25, 0.3) is 16.4 Å². The number of pyridine rings is 1. The molecular formula is C16H16N4O5. The van der Waals surface area contributed by atoms with E-state index in [4.69, 9.17) is 5.11 Å². The molecule has 0 aliphatic carbocycles. The van der Waals surface area contributed by atoms with Crippen molar-refractivity contribution in [1.82, 2.24) is 19.5 Å². The number of hydrogen-bond donors (Lipinski definition) is 3. The first-order valence-electron chi connectivity index (χ1n) is 7.55. The van der Waals surface area contributed by atoms with Gasteiger partial charge in [0.2, 0.25) is 0 Å². The van der Waals surface area contributed by atoms with Crippen LogP contribution in [0.1, 0.15) is 30.2 Å². The van der Waals surface area contributed by atoms with Crippen LogP contribution in [0.3, 0.4) is 0 Å². The van der Waals surface area contributed by atoms with Crippen LogP contribution in [-0.4, -0.2) is 42.8 Å². The number of fused-ring (bicyclic) bond motifs is 3. The Hall–Kier alpha value is -3.36. The zero-order chi connectivity index (χ0) is 18.3. The molecule has 0 aromatic carbocycles. The van der Waals surface area contributed by atoms with Gasteiger partial charge in [0.25, 0.3) is 11.5 Å². The van der Waals surface area contributed by atoms with E-state index in [-0.39, 0.29) is 11.6 Å². The first-order chi connectivity index (χ1) is 11.8. The summed E-state index contributed by atoms with van der Waals surface area (Å²) in [7, 11) is 0. The predicted molar refractivity (Wildman–Crippen MR) is 89.0 cm³/mol. The van der Waals surface area contributed by atoms with Crippen LogP contribution in [0, 0.1) is 0 Å². The average Bonchev–Trinajstić information content (AvgIpc) is 2.92. The van der Waals surface area contributed by atoms with Crippen molar-refractivity contribution in [1.29, 1.82) is 0 Å². The molecule has 0 radical (unpaired) electrons. The van der Waals surface area contributed by atoms with Crippen molar-refractivity contribution in [3.8, 4) is 5.75 Å². The number of nitrogens with one attached hydrogen (secondary N) is 1. The minimum Gasteiger partial charge on any atom is -0.505 e. The molecule has 0 aliphatic rings. The van der Waals surface area contributed by atoms with E-state index in [1.54, 1.807) is 38.4 Å². The first kappa shape index (κ1) is 16.5. The third-order valence-electron chi connectivity index (χ3n) is 3.81. The van der Waals surface area contributed by atoms with E-state index in [1.165, 1.54) is 9.20 Å². The molecule has 0 atom stereocenters. The normalized spacial score (nSPS) is 11.3. The number of rotatable bonds is 4. The molecule has 25 heavy (non-hydrogen) atoms. The van der Waals surface area contributed by atoms with E-state index < -0.39 is 35.3 Å². The van der Waals surface area contributed by atoms with Crippen LogP contribution in [0.4, 0.5) is 0 Å². The standard InChI is InChI=1S/C16H16N4O5/c1-8(2)19-16(25)13(15(24)18-7-12(21)22)14(23)11-5-9-6-17-4-3-10(9)20(11)19/h3-6,8,23H,7H2,1-2H3,(H,18,24)(H,21,22). The van der Waals surface area contributed by atoms with Gasteiger partial charge in [0.05, 0.1) is 5.52 Å². The lowest BCUT2D eigenvalue weighted by atomic mass is 10.2. The van der Waals surface area contributed by atoms with Gasteiger partial charge in [-0.05, 0) is 26.0 Å². The molecule has 0 fully saturated rings. The average molecular weight is 344 g/mol. The monoisotopic (exact) mass is 344 g/mol. The van der Waals surface area contributed by atoms with Crippen molar-refractivity contribution in [2.75, 3.05) is 6.54 Å². The molecule has 3 rings (SSSR count). The third-order valence-corrected chi connectivity index (χ3v) is 3.81. The lowest BCUT2D eigenvalue weighted by Crippen LogP contribution is -2.38. The second-order valence-electron chi connectivity index (χ2n) is 5.82. The van der Waals surface area contributed by atoms with Crippen molar-refractivity contribution < 1.29 is 19.8 Å². The van der Waals surface area contributed by atoms with Crippen LogP contribution in [0.15, 0.2) is 29.3 Å². The van der Waals surface area contributed by atoms with Crippen molar-refractivity contribution in [2.45, 2.75) is 19.9 Å². The van der Waals surface area contributed by atoms with Gasteiger partial charge in [-0.2, -0.15) is 0 Å². The fraction of sp³-hybridized carbons (Fsp3) is 0.250. The maximum Gasteiger partial charge on any atom is 0.322 e. The van der Waals surface area contributed by atoms with Gasteiger partial charge in [0.15, 0.2) is 5.75 Å². The molecule has 1 amide bonds. The summed E-state index contributed by atoms with van der Waals surface area (Å²) in [6.07, 6.45) is 3.15. The molecule has 3 N–H and O–H groups in total. The Bertz CT molecular complexity index is 1060. The van der Waals surface area contributed by atoms with E-state index in [0.29, 0.717) is 10.9 Å². The van der Waals surface area contributed by atoms with E-state index in [9.17, 15) is 19.5 Å². The van der Waals surface area contributed by atoms with Gasteiger partial charge in [0, 0.05) is 23.8 Å². The zero-order valence-corrected chi connectivity index (χ0v) is 13.6. The molecule has 3 heterocycles.